The van der Waals surface area contributed by atoms with Crippen molar-refractivity contribution in [3.8, 4) is 0 Å². The number of nitrogens with zero attached hydrogens (tertiary/aromatic N) is 1. The van der Waals surface area contributed by atoms with Gasteiger partial charge in [0.25, 0.3) is 0 Å². The van der Waals surface area contributed by atoms with E-state index in [2.05, 4.69) is 51.8 Å². The second-order valence-electron chi connectivity index (χ2n) is 7.96. The molecule has 1 saturated heterocycles. The van der Waals surface area contributed by atoms with Crippen molar-refractivity contribution in [1.82, 2.24) is 10.2 Å². The standard InChI is InChI=1S/C18H34N2O/c1-7-14-8-9-16(13(14)6)20-17(12(4)5)19-15(18(20)21)10-11(2)3/h11-17,19H,7-10H2,1-6H3. The molecule has 5 atom stereocenters. The van der Waals surface area contributed by atoms with Gasteiger partial charge >= 0.3 is 0 Å². The van der Waals surface area contributed by atoms with E-state index in [1.54, 1.807) is 0 Å². The van der Waals surface area contributed by atoms with Gasteiger partial charge in [0.1, 0.15) is 0 Å². The smallest absolute Gasteiger partial charge is 0.241 e. The SMILES string of the molecule is CCC1CCC(N2C(=O)C(CC(C)C)NC2C(C)C)C1C. The van der Waals surface area contributed by atoms with Crippen LogP contribution in [0, 0.1) is 23.7 Å². The van der Waals surface area contributed by atoms with Gasteiger partial charge < -0.3 is 4.90 Å². The number of hydrogen-bond acceptors (Lipinski definition) is 2. The molecule has 2 rings (SSSR count). The summed E-state index contributed by atoms with van der Waals surface area (Å²) in [6.07, 6.45) is 4.90. The van der Waals surface area contributed by atoms with Crippen molar-refractivity contribution in [1.29, 1.82) is 0 Å². The molecule has 3 nitrogen and oxygen atoms in total. The Morgan fingerprint density at radius 3 is 2.38 bits per heavy atom. The van der Waals surface area contributed by atoms with E-state index < -0.39 is 0 Å². The zero-order valence-electron chi connectivity index (χ0n) is 14.7. The van der Waals surface area contributed by atoms with Crippen LogP contribution >= 0.6 is 0 Å². The highest BCUT2D eigenvalue weighted by Gasteiger charge is 2.47. The Labute approximate surface area is 130 Å². The van der Waals surface area contributed by atoms with Crippen LogP contribution in [0.25, 0.3) is 0 Å². The van der Waals surface area contributed by atoms with E-state index in [1.165, 1.54) is 19.3 Å². The number of carbonyl (C=O) groups excluding carboxylic acids is 1. The van der Waals surface area contributed by atoms with Crippen molar-refractivity contribution >= 4 is 5.91 Å². The molecule has 0 bridgehead atoms. The lowest BCUT2D eigenvalue weighted by molar-refractivity contribution is -0.134. The highest BCUT2D eigenvalue weighted by molar-refractivity contribution is 5.84. The maximum atomic E-state index is 12.9. The van der Waals surface area contributed by atoms with Gasteiger partial charge in [0.05, 0.1) is 12.2 Å². The molecule has 2 aliphatic rings. The fourth-order valence-corrected chi connectivity index (χ4v) is 4.39. The topological polar surface area (TPSA) is 32.3 Å². The molecule has 1 aliphatic heterocycles. The van der Waals surface area contributed by atoms with Gasteiger partial charge in [-0.15, -0.1) is 0 Å². The van der Waals surface area contributed by atoms with Crippen LogP contribution in [0.1, 0.15) is 67.2 Å². The van der Waals surface area contributed by atoms with Crippen molar-refractivity contribution in [3.05, 3.63) is 0 Å². The van der Waals surface area contributed by atoms with Crippen molar-refractivity contribution in [2.45, 2.75) is 85.5 Å². The molecule has 5 unspecified atom stereocenters. The van der Waals surface area contributed by atoms with Crippen molar-refractivity contribution in [2.24, 2.45) is 23.7 Å². The first-order valence-corrected chi connectivity index (χ1v) is 8.95. The Kier molecular flexibility index (Phi) is 5.34. The summed E-state index contributed by atoms with van der Waals surface area (Å²) in [4.78, 5) is 15.2. The second kappa shape index (κ2) is 6.68. The Balaban J connectivity index is 2.17. The number of amides is 1. The van der Waals surface area contributed by atoms with E-state index in [0.717, 1.165) is 12.3 Å². The van der Waals surface area contributed by atoms with Crippen LogP contribution in [-0.4, -0.2) is 29.1 Å². The van der Waals surface area contributed by atoms with E-state index in [-0.39, 0.29) is 12.2 Å². The minimum Gasteiger partial charge on any atom is -0.322 e. The molecular weight excluding hydrogens is 260 g/mol. The monoisotopic (exact) mass is 294 g/mol. The number of rotatable bonds is 5. The van der Waals surface area contributed by atoms with E-state index in [9.17, 15) is 4.79 Å². The molecule has 3 heteroatoms. The first kappa shape index (κ1) is 16.8. The molecule has 1 N–H and O–H groups in total. The van der Waals surface area contributed by atoms with Gasteiger partial charge in [0.2, 0.25) is 5.91 Å². The molecule has 0 aromatic heterocycles. The lowest BCUT2D eigenvalue weighted by Crippen LogP contribution is -2.48. The summed E-state index contributed by atoms with van der Waals surface area (Å²) in [6, 6.07) is 0.477. The largest absolute Gasteiger partial charge is 0.322 e. The number of hydrogen-bond donors (Lipinski definition) is 1. The summed E-state index contributed by atoms with van der Waals surface area (Å²) in [5, 5.41) is 3.63. The van der Waals surface area contributed by atoms with Crippen LogP contribution in [0.5, 0.6) is 0 Å². The van der Waals surface area contributed by atoms with Gasteiger partial charge in [-0.2, -0.15) is 0 Å². The van der Waals surface area contributed by atoms with Gasteiger partial charge in [-0.25, -0.2) is 0 Å². The van der Waals surface area contributed by atoms with Gasteiger partial charge in [-0.1, -0.05) is 48.0 Å². The van der Waals surface area contributed by atoms with Crippen molar-refractivity contribution < 1.29 is 4.79 Å². The highest BCUT2D eigenvalue weighted by atomic mass is 16.2. The van der Waals surface area contributed by atoms with Crippen LogP contribution in [0.15, 0.2) is 0 Å². The van der Waals surface area contributed by atoms with E-state index in [0.29, 0.717) is 29.7 Å². The van der Waals surface area contributed by atoms with E-state index in [1.807, 2.05) is 0 Å². The minimum atomic E-state index is 0.0327. The molecule has 122 valence electrons. The molecule has 1 amide bonds. The second-order valence-corrected chi connectivity index (χ2v) is 7.96. The lowest BCUT2D eigenvalue weighted by Gasteiger charge is -2.35. The molecule has 21 heavy (non-hydrogen) atoms. The summed E-state index contributed by atoms with van der Waals surface area (Å²) in [6.45, 7) is 13.5. The van der Waals surface area contributed by atoms with Crippen LogP contribution < -0.4 is 5.32 Å². The Morgan fingerprint density at radius 2 is 1.90 bits per heavy atom. The predicted molar refractivity (Wildman–Crippen MR) is 87.8 cm³/mol. The van der Waals surface area contributed by atoms with Gasteiger partial charge in [0, 0.05) is 6.04 Å². The fourth-order valence-electron chi connectivity index (χ4n) is 4.39. The summed E-state index contributed by atoms with van der Waals surface area (Å²) in [5.74, 6) is 2.82. The Morgan fingerprint density at radius 1 is 1.24 bits per heavy atom. The van der Waals surface area contributed by atoms with Crippen LogP contribution in [0.4, 0.5) is 0 Å². The Hall–Kier alpha value is -0.570. The number of nitrogens with one attached hydrogen (secondary N) is 1. The lowest BCUT2D eigenvalue weighted by atomic mass is 9.92. The summed E-state index contributed by atoms with van der Waals surface area (Å²) in [5.41, 5.74) is 0. The third kappa shape index (κ3) is 3.28. The zero-order chi connectivity index (χ0) is 15.7. The van der Waals surface area contributed by atoms with Crippen LogP contribution in [-0.2, 0) is 4.79 Å². The molecule has 0 radical (unpaired) electrons. The van der Waals surface area contributed by atoms with Crippen LogP contribution in [0.2, 0.25) is 0 Å². The van der Waals surface area contributed by atoms with Crippen molar-refractivity contribution in [3.63, 3.8) is 0 Å². The highest BCUT2D eigenvalue weighted by Crippen LogP contribution is 2.40. The van der Waals surface area contributed by atoms with Crippen LogP contribution in [0.3, 0.4) is 0 Å². The van der Waals surface area contributed by atoms with Gasteiger partial charge in [-0.05, 0) is 42.9 Å². The zero-order valence-corrected chi connectivity index (χ0v) is 14.7. The maximum absolute atomic E-state index is 12.9. The maximum Gasteiger partial charge on any atom is 0.241 e. The first-order valence-electron chi connectivity index (χ1n) is 8.95. The average molecular weight is 294 g/mol. The summed E-state index contributed by atoms with van der Waals surface area (Å²) >= 11 is 0. The molecule has 2 fully saturated rings. The minimum absolute atomic E-state index is 0.0327. The molecular formula is C18H34N2O. The van der Waals surface area contributed by atoms with Crippen molar-refractivity contribution in [2.75, 3.05) is 0 Å². The molecule has 0 spiro atoms. The molecule has 0 aromatic carbocycles. The normalized spacial score (nSPS) is 37.2. The third-order valence-corrected chi connectivity index (χ3v) is 5.63. The third-order valence-electron chi connectivity index (χ3n) is 5.63. The average Bonchev–Trinajstić information content (AvgIpc) is 2.91. The summed E-state index contributed by atoms with van der Waals surface area (Å²) < 4.78 is 0. The summed E-state index contributed by atoms with van der Waals surface area (Å²) in [7, 11) is 0. The quantitative estimate of drug-likeness (QED) is 0.839. The molecule has 1 aliphatic carbocycles. The number of carbonyl (C=O) groups is 1. The molecule has 1 heterocycles. The van der Waals surface area contributed by atoms with E-state index >= 15 is 0 Å². The van der Waals surface area contributed by atoms with Gasteiger partial charge in [0.15, 0.2) is 0 Å². The molecule has 0 aromatic rings. The Bertz CT molecular complexity index is 366. The predicted octanol–water partition coefficient (Wildman–Crippen LogP) is 3.64. The first-order chi connectivity index (χ1) is 9.86. The molecule has 1 saturated carbocycles. The fraction of sp³-hybridized carbons (Fsp3) is 0.944. The van der Waals surface area contributed by atoms with E-state index in [4.69, 9.17) is 0 Å². The van der Waals surface area contributed by atoms with Gasteiger partial charge in [-0.3, -0.25) is 10.1 Å².